The summed E-state index contributed by atoms with van der Waals surface area (Å²) in [7, 11) is 0. The van der Waals surface area contributed by atoms with Crippen molar-refractivity contribution in [2.75, 3.05) is 5.32 Å². The highest BCUT2D eigenvalue weighted by Gasteiger charge is 2.29. The van der Waals surface area contributed by atoms with E-state index in [4.69, 9.17) is 0 Å². The minimum Gasteiger partial charge on any atom is -0.353 e. The molecule has 0 unspecified atom stereocenters. The topological polar surface area (TPSA) is 28.2 Å². The van der Waals surface area contributed by atoms with Gasteiger partial charge in [-0.1, -0.05) is 45.1 Å². The van der Waals surface area contributed by atoms with Crippen molar-refractivity contribution in [1.82, 2.24) is 9.88 Å². The Morgan fingerprint density at radius 2 is 1.64 bits per heavy atom. The first-order valence-electron chi connectivity index (χ1n) is 8.91. The van der Waals surface area contributed by atoms with Crippen molar-refractivity contribution < 1.29 is 0 Å². The SMILES string of the molecule is C=C(Nc1ncc(C)s1)N(C1CCCCC1)C1CCCCC1. The van der Waals surface area contributed by atoms with E-state index in [2.05, 4.69) is 28.7 Å². The van der Waals surface area contributed by atoms with E-state index in [0.29, 0.717) is 12.1 Å². The van der Waals surface area contributed by atoms with Crippen LogP contribution < -0.4 is 5.32 Å². The van der Waals surface area contributed by atoms with Crippen molar-refractivity contribution in [2.45, 2.75) is 83.2 Å². The lowest BCUT2D eigenvalue weighted by Crippen LogP contribution is -2.45. The van der Waals surface area contributed by atoms with Gasteiger partial charge in [0.1, 0.15) is 5.82 Å². The van der Waals surface area contributed by atoms with Crippen LogP contribution in [0.2, 0.25) is 0 Å². The maximum atomic E-state index is 4.45. The molecule has 0 radical (unpaired) electrons. The van der Waals surface area contributed by atoms with Crippen LogP contribution in [0.25, 0.3) is 0 Å². The Morgan fingerprint density at radius 1 is 1.09 bits per heavy atom. The average molecular weight is 320 g/mol. The first kappa shape index (κ1) is 15.9. The molecule has 2 aliphatic carbocycles. The van der Waals surface area contributed by atoms with E-state index in [1.807, 2.05) is 6.20 Å². The highest BCUT2D eigenvalue weighted by Crippen LogP contribution is 2.33. The lowest BCUT2D eigenvalue weighted by atomic mass is 9.88. The summed E-state index contributed by atoms with van der Waals surface area (Å²) in [6.07, 6.45) is 15.5. The zero-order chi connectivity index (χ0) is 15.4. The molecule has 2 aliphatic rings. The molecule has 3 rings (SSSR count). The Hall–Kier alpha value is -1.03. The number of aryl methyl sites for hydroxylation is 1. The summed E-state index contributed by atoms with van der Waals surface area (Å²) in [5.74, 6) is 1.08. The summed E-state index contributed by atoms with van der Waals surface area (Å²) < 4.78 is 0. The van der Waals surface area contributed by atoms with Crippen LogP contribution in [0.4, 0.5) is 5.13 Å². The fourth-order valence-electron chi connectivity index (χ4n) is 4.06. The molecular weight excluding hydrogens is 290 g/mol. The summed E-state index contributed by atoms with van der Waals surface area (Å²) in [5, 5.41) is 4.48. The van der Waals surface area contributed by atoms with E-state index >= 15 is 0 Å². The van der Waals surface area contributed by atoms with E-state index < -0.39 is 0 Å². The number of nitrogens with zero attached hydrogens (tertiary/aromatic N) is 2. The molecule has 0 saturated heterocycles. The number of hydrogen-bond donors (Lipinski definition) is 1. The molecule has 0 aliphatic heterocycles. The van der Waals surface area contributed by atoms with Gasteiger partial charge in [0.05, 0.1) is 0 Å². The summed E-state index contributed by atoms with van der Waals surface area (Å²) >= 11 is 1.72. The van der Waals surface area contributed by atoms with Crippen molar-refractivity contribution in [3.05, 3.63) is 23.5 Å². The van der Waals surface area contributed by atoms with E-state index in [-0.39, 0.29) is 0 Å². The molecule has 122 valence electrons. The molecule has 1 N–H and O–H groups in total. The van der Waals surface area contributed by atoms with Crippen molar-refractivity contribution in [1.29, 1.82) is 0 Å². The van der Waals surface area contributed by atoms with Gasteiger partial charge in [-0.15, -0.1) is 11.3 Å². The van der Waals surface area contributed by atoms with E-state index in [1.54, 1.807) is 11.3 Å². The van der Waals surface area contributed by atoms with E-state index in [1.165, 1.54) is 69.1 Å². The van der Waals surface area contributed by atoms with Crippen molar-refractivity contribution in [2.24, 2.45) is 0 Å². The fraction of sp³-hybridized carbons (Fsp3) is 0.722. The van der Waals surface area contributed by atoms with Crippen molar-refractivity contribution >= 4 is 16.5 Å². The van der Waals surface area contributed by atoms with Gasteiger partial charge in [0, 0.05) is 23.2 Å². The summed E-state index contributed by atoms with van der Waals surface area (Å²) in [6.45, 7) is 6.49. The van der Waals surface area contributed by atoms with Gasteiger partial charge in [-0.2, -0.15) is 0 Å². The fourth-order valence-corrected chi connectivity index (χ4v) is 4.74. The van der Waals surface area contributed by atoms with Crippen LogP contribution in [0.1, 0.15) is 69.1 Å². The largest absolute Gasteiger partial charge is 0.353 e. The van der Waals surface area contributed by atoms with Crippen LogP contribution in [0.15, 0.2) is 18.6 Å². The second-order valence-corrected chi connectivity index (χ2v) is 8.07. The number of rotatable bonds is 5. The third-order valence-corrected chi connectivity index (χ3v) is 5.95. The van der Waals surface area contributed by atoms with Gasteiger partial charge in [-0.25, -0.2) is 4.98 Å². The van der Waals surface area contributed by atoms with Crippen molar-refractivity contribution in [3.63, 3.8) is 0 Å². The average Bonchev–Trinajstić information content (AvgIpc) is 2.95. The van der Waals surface area contributed by atoms with Gasteiger partial charge in [0.2, 0.25) is 0 Å². The van der Waals surface area contributed by atoms with Gasteiger partial charge < -0.3 is 10.2 Å². The lowest BCUT2D eigenvalue weighted by molar-refractivity contribution is 0.121. The molecule has 2 saturated carbocycles. The van der Waals surface area contributed by atoms with Crippen molar-refractivity contribution in [3.8, 4) is 0 Å². The quantitative estimate of drug-likeness (QED) is 0.798. The Labute approximate surface area is 138 Å². The van der Waals surface area contributed by atoms with Gasteiger partial charge in [-0.3, -0.25) is 0 Å². The number of aromatic nitrogens is 1. The molecule has 0 aromatic carbocycles. The molecule has 1 heterocycles. The third kappa shape index (κ3) is 3.83. The zero-order valence-corrected chi connectivity index (χ0v) is 14.6. The van der Waals surface area contributed by atoms with Gasteiger partial charge in [0.25, 0.3) is 0 Å². The Balaban J connectivity index is 1.72. The zero-order valence-electron chi connectivity index (χ0n) is 13.8. The van der Waals surface area contributed by atoms with Crippen LogP contribution in [0, 0.1) is 6.92 Å². The molecule has 0 amide bonds. The number of thiazole rings is 1. The van der Waals surface area contributed by atoms with E-state index in [9.17, 15) is 0 Å². The molecule has 1 aromatic rings. The van der Waals surface area contributed by atoms with Crippen LogP contribution in [-0.2, 0) is 0 Å². The van der Waals surface area contributed by atoms with Gasteiger partial charge in [-0.05, 0) is 32.6 Å². The smallest absolute Gasteiger partial charge is 0.188 e. The normalized spacial score (nSPS) is 20.8. The number of anilines is 1. The summed E-state index contributed by atoms with van der Waals surface area (Å²) in [4.78, 5) is 8.33. The number of nitrogens with one attached hydrogen (secondary N) is 1. The Kier molecular flexibility index (Phi) is 5.40. The minimum atomic E-state index is 0.679. The standard InChI is InChI=1S/C18H29N3S/c1-14-13-19-18(22-14)20-15(2)21(16-9-5-3-6-10-16)17-11-7-4-8-12-17/h13,16-17H,2-12H2,1H3,(H,19,20). The molecule has 0 atom stereocenters. The molecule has 22 heavy (non-hydrogen) atoms. The van der Waals surface area contributed by atoms with Crippen LogP contribution in [0.3, 0.4) is 0 Å². The number of hydrogen-bond acceptors (Lipinski definition) is 4. The molecule has 2 fully saturated rings. The second kappa shape index (κ2) is 7.49. The molecule has 4 heteroatoms. The minimum absolute atomic E-state index is 0.679. The lowest BCUT2D eigenvalue weighted by Gasteiger charge is -2.44. The highest BCUT2D eigenvalue weighted by molar-refractivity contribution is 7.15. The summed E-state index contributed by atoms with van der Waals surface area (Å²) in [5.41, 5.74) is 0. The van der Waals surface area contributed by atoms with E-state index in [0.717, 1.165) is 11.0 Å². The molecule has 0 spiro atoms. The maximum Gasteiger partial charge on any atom is 0.188 e. The molecule has 3 nitrogen and oxygen atoms in total. The molecular formula is C18H29N3S. The Bertz CT molecular complexity index is 466. The highest BCUT2D eigenvalue weighted by atomic mass is 32.1. The Morgan fingerprint density at radius 3 is 2.09 bits per heavy atom. The van der Waals surface area contributed by atoms with Gasteiger partial charge >= 0.3 is 0 Å². The monoisotopic (exact) mass is 319 g/mol. The van der Waals surface area contributed by atoms with Crippen LogP contribution in [0.5, 0.6) is 0 Å². The third-order valence-electron chi connectivity index (χ3n) is 5.12. The second-order valence-electron chi connectivity index (χ2n) is 6.84. The van der Waals surface area contributed by atoms with Crippen LogP contribution in [-0.4, -0.2) is 22.0 Å². The maximum absolute atomic E-state index is 4.45. The first-order chi connectivity index (χ1) is 10.7. The molecule has 1 aromatic heterocycles. The van der Waals surface area contributed by atoms with Gasteiger partial charge in [0.15, 0.2) is 5.13 Å². The predicted octanol–water partition coefficient (Wildman–Crippen LogP) is 5.30. The predicted molar refractivity (Wildman–Crippen MR) is 95.2 cm³/mol. The molecule has 0 bridgehead atoms. The first-order valence-corrected chi connectivity index (χ1v) is 9.72. The summed E-state index contributed by atoms with van der Waals surface area (Å²) in [6, 6.07) is 1.36. The van der Waals surface area contributed by atoms with Crippen LogP contribution >= 0.6 is 11.3 Å².